The van der Waals surface area contributed by atoms with E-state index in [1.165, 1.54) is 12.1 Å². The first-order valence-electron chi connectivity index (χ1n) is 6.16. The minimum Gasteiger partial charge on any atom is -0.377 e. The minimum absolute atomic E-state index is 0.0847. The summed E-state index contributed by atoms with van der Waals surface area (Å²) in [5.41, 5.74) is 0. The molecule has 1 atom stereocenters. The largest absolute Gasteiger partial charge is 0.377 e. The third-order valence-corrected chi connectivity index (χ3v) is 5.81. The molecule has 1 unspecified atom stereocenters. The fourth-order valence-electron chi connectivity index (χ4n) is 2.03. The zero-order valence-electron chi connectivity index (χ0n) is 10.5. The minimum atomic E-state index is -3.75. The monoisotopic (exact) mass is 401 g/mol. The van der Waals surface area contributed by atoms with Crippen molar-refractivity contribution in [2.75, 3.05) is 13.2 Å². The molecule has 0 aromatic heterocycles. The Morgan fingerprint density at radius 1 is 1.30 bits per heavy atom. The van der Waals surface area contributed by atoms with Gasteiger partial charge in [0.25, 0.3) is 0 Å². The van der Waals surface area contributed by atoms with Gasteiger partial charge in [-0.15, -0.1) is 0 Å². The molecule has 1 aliphatic rings. The highest BCUT2D eigenvalue weighted by atomic mass is 79.9. The summed E-state index contributed by atoms with van der Waals surface area (Å²) < 4.78 is 33.2. The van der Waals surface area contributed by atoms with Gasteiger partial charge in [-0.05, 0) is 31.4 Å². The number of hydrogen-bond acceptors (Lipinski definition) is 3. The number of rotatable bonds is 4. The van der Waals surface area contributed by atoms with Crippen molar-refractivity contribution in [2.24, 2.45) is 0 Å². The molecule has 4 nitrogen and oxygen atoms in total. The van der Waals surface area contributed by atoms with Gasteiger partial charge >= 0.3 is 0 Å². The van der Waals surface area contributed by atoms with E-state index in [0.29, 0.717) is 11.1 Å². The van der Waals surface area contributed by atoms with Crippen LogP contribution >= 0.6 is 39.1 Å². The molecule has 0 bridgehead atoms. The lowest BCUT2D eigenvalue weighted by molar-refractivity contribution is 0.0200. The molecule has 8 heteroatoms. The molecule has 0 saturated carbocycles. The summed E-state index contributed by atoms with van der Waals surface area (Å²) >= 11 is 15.2. The lowest BCUT2D eigenvalue weighted by atomic mass is 10.1. The van der Waals surface area contributed by atoms with Gasteiger partial charge in [0.05, 0.1) is 16.1 Å². The van der Waals surface area contributed by atoms with Crippen molar-refractivity contribution in [3.63, 3.8) is 0 Å². The Hall–Kier alpha value is 0.150. The van der Waals surface area contributed by atoms with Crippen LogP contribution in [0.15, 0.2) is 21.5 Å². The van der Waals surface area contributed by atoms with Crippen molar-refractivity contribution >= 4 is 49.2 Å². The summed E-state index contributed by atoms with van der Waals surface area (Å²) in [4.78, 5) is -0.0974. The molecule has 0 amide bonds. The maximum absolute atomic E-state index is 12.3. The molecule has 1 saturated heterocycles. The molecule has 20 heavy (non-hydrogen) atoms. The van der Waals surface area contributed by atoms with E-state index in [1.807, 2.05) is 0 Å². The van der Waals surface area contributed by atoms with Crippen LogP contribution in [-0.4, -0.2) is 27.7 Å². The highest BCUT2D eigenvalue weighted by molar-refractivity contribution is 9.10. The molecular formula is C12H14BrCl2NO3S. The van der Waals surface area contributed by atoms with Crippen molar-refractivity contribution < 1.29 is 13.2 Å². The number of sulfonamides is 1. The standard InChI is InChI=1S/C12H14BrCl2NO3S/c13-8-5-10(14)12(11(15)6-8)20(17,18)16-7-9-3-1-2-4-19-9/h5-6,9,16H,1-4,7H2. The Balaban J connectivity index is 2.14. The van der Waals surface area contributed by atoms with E-state index >= 15 is 0 Å². The predicted molar refractivity (Wildman–Crippen MR) is 82.9 cm³/mol. The van der Waals surface area contributed by atoms with Crippen molar-refractivity contribution in [3.8, 4) is 0 Å². The third kappa shape index (κ3) is 4.08. The highest BCUT2D eigenvalue weighted by Crippen LogP contribution is 2.32. The molecule has 1 aromatic rings. The lowest BCUT2D eigenvalue weighted by Gasteiger charge is -2.23. The quantitative estimate of drug-likeness (QED) is 0.836. The smallest absolute Gasteiger partial charge is 0.243 e. The maximum Gasteiger partial charge on any atom is 0.243 e. The van der Waals surface area contributed by atoms with Gasteiger partial charge in [0.1, 0.15) is 4.90 Å². The normalized spacial score (nSPS) is 20.1. The molecule has 1 fully saturated rings. The van der Waals surface area contributed by atoms with Gasteiger partial charge in [-0.25, -0.2) is 13.1 Å². The Morgan fingerprint density at radius 2 is 1.95 bits per heavy atom. The molecule has 1 aliphatic heterocycles. The summed E-state index contributed by atoms with van der Waals surface area (Å²) in [6.07, 6.45) is 2.83. The van der Waals surface area contributed by atoms with Gasteiger partial charge in [-0.2, -0.15) is 0 Å². The molecule has 2 rings (SSSR count). The van der Waals surface area contributed by atoms with Crippen molar-refractivity contribution in [1.82, 2.24) is 4.72 Å². The van der Waals surface area contributed by atoms with Gasteiger partial charge < -0.3 is 4.74 Å². The SMILES string of the molecule is O=S(=O)(NCC1CCCCO1)c1c(Cl)cc(Br)cc1Cl. The van der Waals surface area contributed by atoms with E-state index in [-0.39, 0.29) is 27.6 Å². The van der Waals surface area contributed by atoms with Crippen LogP contribution in [0.1, 0.15) is 19.3 Å². The highest BCUT2D eigenvalue weighted by Gasteiger charge is 2.24. The summed E-state index contributed by atoms with van der Waals surface area (Å²) in [7, 11) is -3.75. The molecule has 0 aliphatic carbocycles. The maximum atomic E-state index is 12.3. The summed E-state index contributed by atoms with van der Waals surface area (Å²) in [6.45, 7) is 0.900. The van der Waals surface area contributed by atoms with Crippen LogP contribution in [0.4, 0.5) is 0 Å². The van der Waals surface area contributed by atoms with Crippen LogP contribution in [0, 0.1) is 0 Å². The fraction of sp³-hybridized carbons (Fsp3) is 0.500. The van der Waals surface area contributed by atoms with Gasteiger partial charge in [-0.1, -0.05) is 39.1 Å². The van der Waals surface area contributed by atoms with E-state index in [2.05, 4.69) is 20.7 Å². The van der Waals surface area contributed by atoms with E-state index in [1.54, 1.807) is 0 Å². The third-order valence-electron chi connectivity index (χ3n) is 3.01. The Kier molecular flexibility index (Phi) is 5.73. The van der Waals surface area contributed by atoms with Crippen LogP contribution in [-0.2, 0) is 14.8 Å². The van der Waals surface area contributed by atoms with Gasteiger partial charge in [0.2, 0.25) is 10.0 Å². The summed E-state index contributed by atoms with van der Waals surface area (Å²) in [5, 5.41) is 0.169. The molecule has 0 radical (unpaired) electrons. The molecular weight excluding hydrogens is 389 g/mol. The summed E-state index contributed by atoms with van der Waals surface area (Å²) in [5.74, 6) is 0. The molecule has 1 N–H and O–H groups in total. The van der Waals surface area contributed by atoms with E-state index in [9.17, 15) is 8.42 Å². The average molecular weight is 403 g/mol. The van der Waals surface area contributed by atoms with Crippen LogP contribution in [0.3, 0.4) is 0 Å². The second-order valence-electron chi connectivity index (χ2n) is 4.54. The number of ether oxygens (including phenoxy) is 1. The second kappa shape index (κ2) is 6.94. The van der Waals surface area contributed by atoms with Crippen LogP contribution < -0.4 is 4.72 Å². The average Bonchev–Trinajstić information content (AvgIpc) is 2.36. The van der Waals surface area contributed by atoms with Gasteiger partial charge in [-0.3, -0.25) is 0 Å². The van der Waals surface area contributed by atoms with Crippen molar-refractivity contribution in [3.05, 3.63) is 26.7 Å². The molecule has 1 heterocycles. The zero-order valence-corrected chi connectivity index (χ0v) is 14.4. The molecule has 112 valence electrons. The lowest BCUT2D eigenvalue weighted by Crippen LogP contribution is -2.35. The Bertz CT molecular complexity index is 565. The number of hydrogen-bond donors (Lipinski definition) is 1. The summed E-state index contributed by atoms with van der Waals surface area (Å²) in [6, 6.07) is 3.00. The van der Waals surface area contributed by atoms with E-state index in [4.69, 9.17) is 27.9 Å². The molecule has 1 aromatic carbocycles. The fourth-order valence-corrected chi connectivity index (χ4v) is 5.03. The number of halogens is 3. The Morgan fingerprint density at radius 3 is 2.50 bits per heavy atom. The first-order valence-corrected chi connectivity index (χ1v) is 9.19. The zero-order chi connectivity index (χ0) is 14.8. The van der Waals surface area contributed by atoms with Crippen LogP contribution in [0.2, 0.25) is 10.0 Å². The topological polar surface area (TPSA) is 55.4 Å². The van der Waals surface area contributed by atoms with Crippen LogP contribution in [0.25, 0.3) is 0 Å². The van der Waals surface area contributed by atoms with E-state index in [0.717, 1.165) is 19.3 Å². The predicted octanol–water partition coefficient (Wildman–Crippen LogP) is 3.60. The van der Waals surface area contributed by atoms with Gasteiger partial charge in [0, 0.05) is 17.6 Å². The number of benzene rings is 1. The van der Waals surface area contributed by atoms with E-state index < -0.39 is 10.0 Å². The second-order valence-corrected chi connectivity index (χ2v) is 7.97. The first kappa shape index (κ1) is 16.5. The van der Waals surface area contributed by atoms with Crippen molar-refractivity contribution in [1.29, 1.82) is 0 Å². The van der Waals surface area contributed by atoms with Gasteiger partial charge in [0.15, 0.2) is 0 Å². The molecule has 0 spiro atoms. The first-order chi connectivity index (χ1) is 9.40. The number of nitrogens with one attached hydrogen (secondary N) is 1. The Labute approximate surface area is 137 Å². The van der Waals surface area contributed by atoms with Crippen LogP contribution in [0.5, 0.6) is 0 Å². The van der Waals surface area contributed by atoms with Crippen molar-refractivity contribution in [2.45, 2.75) is 30.3 Å².